The van der Waals surface area contributed by atoms with Crippen molar-refractivity contribution in [1.82, 2.24) is 15.0 Å². The Morgan fingerprint density at radius 2 is 2.00 bits per heavy atom. The van der Waals surface area contributed by atoms with Gasteiger partial charge in [-0.3, -0.25) is 0 Å². The van der Waals surface area contributed by atoms with Crippen LogP contribution in [0.25, 0.3) is 5.69 Å². The minimum atomic E-state index is 0.323. The van der Waals surface area contributed by atoms with Crippen LogP contribution in [0.1, 0.15) is 5.69 Å². The number of hydrogen-bond donors (Lipinski definition) is 0. The van der Waals surface area contributed by atoms with Gasteiger partial charge in [-0.25, -0.2) is 4.68 Å². The summed E-state index contributed by atoms with van der Waals surface area (Å²) in [6, 6.07) is 11.5. The highest BCUT2D eigenvalue weighted by Gasteiger charge is 1.99. The molecule has 2 rings (SSSR count). The molecule has 0 amide bonds. The van der Waals surface area contributed by atoms with E-state index in [-0.39, 0.29) is 0 Å². The topological polar surface area (TPSA) is 54.5 Å². The van der Waals surface area contributed by atoms with Crippen molar-refractivity contribution in [2.75, 3.05) is 0 Å². The Balaban J connectivity index is 2.43. The van der Waals surface area contributed by atoms with Gasteiger partial charge in [0.2, 0.25) is 0 Å². The molecule has 4 nitrogen and oxygen atoms in total. The number of para-hydroxylation sites is 1. The highest BCUT2D eigenvalue weighted by molar-refractivity contribution is 5.31. The SMILES string of the molecule is N#Cc1cn(-c2ccccc2)nn1. The van der Waals surface area contributed by atoms with Crippen molar-refractivity contribution >= 4 is 0 Å². The van der Waals surface area contributed by atoms with E-state index in [0.29, 0.717) is 5.69 Å². The summed E-state index contributed by atoms with van der Waals surface area (Å²) in [5.41, 5.74) is 1.22. The molecule has 0 saturated carbocycles. The van der Waals surface area contributed by atoms with Gasteiger partial charge in [0, 0.05) is 0 Å². The fourth-order valence-corrected chi connectivity index (χ4v) is 1.02. The van der Waals surface area contributed by atoms with Gasteiger partial charge in [0.15, 0.2) is 5.69 Å². The van der Waals surface area contributed by atoms with Gasteiger partial charge >= 0.3 is 0 Å². The normalized spacial score (nSPS) is 9.46. The predicted octanol–water partition coefficient (Wildman–Crippen LogP) is 1.14. The van der Waals surface area contributed by atoms with Crippen LogP contribution in [-0.2, 0) is 0 Å². The van der Waals surface area contributed by atoms with Gasteiger partial charge in [-0.05, 0) is 12.1 Å². The largest absolute Gasteiger partial charge is 0.219 e. The van der Waals surface area contributed by atoms with Gasteiger partial charge < -0.3 is 0 Å². The molecule has 62 valence electrons. The summed E-state index contributed by atoms with van der Waals surface area (Å²) in [5, 5.41) is 16.0. The van der Waals surface area contributed by atoms with Crippen LogP contribution in [0, 0.1) is 11.3 Å². The molecule has 2 aromatic rings. The highest BCUT2D eigenvalue weighted by atomic mass is 15.4. The van der Waals surface area contributed by atoms with E-state index in [1.807, 2.05) is 36.4 Å². The maximum Gasteiger partial charge on any atom is 0.183 e. The number of rotatable bonds is 1. The summed E-state index contributed by atoms with van der Waals surface area (Å²) >= 11 is 0. The molecule has 4 heteroatoms. The van der Waals surface area contributed by atoms with Crippen molar-refractivity contribution in [1.29, 1.82) is 5.26 Å². The fraction of sp³-hybridized carbons (Fsp3) is 0. The van der Waals surface area contributed by atoms with Crippen LogP contribution in [0.5, 0.6) is 0 Å². The van der Waals surface area contributed by atoms with E-state index < -0.39 is 0 Å². The Morgan fingerprint density at radius 3 is 2.62 bits per heavy atom. The lowest BCUT2D eigenvalue weighted by Gasteiger charge is -1.96. The van der Waals surface area contributed by atoms with E-state index in [9.17, 15) is 0 Å². The summed E-state index contributed by atoms with van der Waals surface area (Å²) in [5.74, 6) is 0. The van der Waals surface area contributed by atoms with E-state index in [1.165, 1.54) is 0 Å². The third-order valence-electron chi connectivity index (χ3n) is 1.63. The summed E-state index contributed by atoms with van der Waals surface area (Å²) < 4.78 is 1.57. The van der Waals surface area contributed by atoms with E-state index in [0.717, 1.165) is 5.69 Å². The van der Waals surface area contributed by atoms with Crippen molar-refractivity contribution < 1.29 is 0 Å². The van der Waals surface area contributed by atoms with Crippen LogP contribution in [-0.4, -0.2) is 15.0 Å². The summed E-state index contributed by atoms with van der Waals surface area (Å²) in [4.78, 5) is 0. The Labute approximate surface area is 75.0 Å². The first-order valence-corrected chi connectivity index (χ1v) is 3.78. The van der Waals surface area contributed by atoms with Crippen molar-refractivity contribution in [3.8, 4) is 11.8 Å². The zero-order valence-electron chi connectivity index (χ0n) is 6.75. The smallest absolute Gasteiger partial charge is 0.183 e. The molecule has 13 heavy (non-hydrogen) atoms. The molecule has 0 bridgehead atoms. The fourth-order valence-electron chi connectivity index (χ4n) is 1.02. The van der Waals surface area contributed by atoms with Crippen molar-refractivity contribution in [2.45, 2.75) is 0 Å². The Bertz CT molecular complexity index is 438. The zero-order valence-corrected chi connectivity index (χ0v) is 6.75. The molecule has 0 N–H and O–H groups in total. The third kappa shape index (κ3) is 1.40. The highest BCUT2D eigenvalue weighted by Crippen LogP contribution is 2.04. The quantitative estimate of drug-likeness (QED) is 0.644. The maximum absolute atomic E-state index is 8.53. The van der Waals surface area contributed by atoms with Gasteiger partial charge in [-0.15, -0.1) is 5.10 Å². The predicted molar refractivity (Wildman–Crippen MR) is 46.1 cm³/mol. The Morgan fingerprint density at radius 1 is 1.23 bits per heavy atom. The van der Waals surface area contributed by atoms with E-state index in [2.05, 4.69) is 10.3 Å². The number of hydrogen-bond acceptors (Lipinski definition) is 3. The van der Waals surface area contributed by atoms with Crippen molar-refractivity contribution in [3.63, 3.8) is 0 Å². The third-order valence-corrected chi connectivity index (χ3v) is 1.63. The molecule has 0 aliphatic carbocycles. The van der Waals surface area contributed by atoms with Crippen LogP contribution >= 0.6 is 0 Å². The second kappa shape index (κ2) is 3.07. The average molecular weight is 170 g/mol. The van der Waals surface area contributed by atoms with E-state index in [4.69, 9.17) is 5.26 Å². The maximum atomic E-state index is 8.53. The second-order valence-corrected chi connectivity index (χ2v) is 2.50. The van der Waals surface area contributed by atoms with Crippen LogP contribution in [0.2, 0.25) is 0 Å². The van der Waals surface area contributed by atoms with Gasteiger partial charge in [0.05, 0.1) is 11.9 Å². The number of aromatic nitrogens is 3. The summed E-state index contributed by atoms with van der Waals surface area (Å²) in [7, 11) is 0. The summed E-state index contributed by atoms with van der Waals surface area (Å²) in [6.45, 7) is 0. The standard InChI is InChI=1S/C9H6N4/c10-6-8-7-13(12-11-8)9-4-2-1-3-5-9/h1-5,7H. The number of nitrogens with zero attached hydrogens (tertiary/aromatic N) is 4. The van der Waals surface area contributed by atoms with E-state index in [1.54, 1.807) is 10.9 Å². The first kappa shape index (κ1) is 7.50. The lowest BCUT2D eigenvalue weighted by atomic mass is 10.3. The number of nitriles is 1. The molecular weight excluding hydrogens is 164 g/mol. The molecule has 0 saturated heterocycles. The van der Waals surface area contributed by atoms with Crippen molar-refractivity contribution in [3.05, 3.63) is 42.2 Å². The monoisotopic (exact) mass is 170 g/mol. The summed E-state index contributed by atoms with van der Waals surface area (Å²) in [6.07, 6.45) is 1.59. The molecular formula is C9H6N4. The molecule has 1 aromatic carbocycles. The van der Waals surface area contributed by atoms with Crippen LogP contribution < -0.4 is 0 Å². The molecule has 1 aromatic heterocycles. The number of benzene rings is 1. The van der Waals surface area contributed by atoms with Crippen LogP contribution in [0.15, 0.2) is 36.5 Å². The molecule has 0 spiro atoms. The first-order chi connectivity index (χ1) is 6.40. The Hall–Kier alpha value is -2.15. The van der Waals surface area contributed by atoms with Gasteiger partial charge in [0.1, 0.15) is 6.07 Å². The minimum absolute atomic E-state index is 0.323. The second-order valence-electron chi connectivity index (χ2n) is 2.50. The van der Waals surface area contributed by atoms with Crippen LogP contribution in [0.3, 0.4) is 0 Å². The van der Waals surface area contributed by atoms with E-state index >= 15 is 0 Å². The first-order valence-electron chi connectivity index (χ1n) is 3.78. The molecule has 0 aliphatic heterocycles. The molecule has 0 fully saturated rings. The molecule has 0 unspecified atom stereocenters. The minimum Gasteiger partial charge on any atom is -0.219 e. The van der Waals surface area contributed by atoms with Crippen LogP contribution in [0.4, 0.5) is 0 Å². The zero-order chi connectivity index (χ0) is 9.10. The van der Waals surface area contributed by atoms with Gasteiger partial charge in [0.25, 0.3) is 0 Å². The molecule has 0 atom stereocenters. The van der Waals surface area contributed by atoms with Gasteiger partial charge in [-0.2, -0.15) is 5.26 Å². The lowest BCUT2D eigenvalue weighted by molar-refractivity contribution is 0.802. The lowest BCUT2D eigenvalue weighted by Crippen LogP contribution is -1.93. The molecule has 0 aliphatic rings. The Kier molecular flexibility index (Phi) is 1.77. The van der Waals surface area contributed by atoms with Crippen molar-refractivity contribution in [2.24, 2.45) is 0 Å². The molecule has 0 radical (unpaired) electrons. The average Bonchev–Trinajstić information content (AvgIpc) is 2.67. The molecule has 1 heterocycles. The van der Waals surface area contributed by atoms with Gasteiger partial charge in [-0.1, -0.05) is 23.4 Å².